The van der Waals surface area contributed by atoms with E-state index in [4.69, 9.17) is 25.8 Å². The topological polar surface area (TPSA) is 98.2 Å². The molecule has 0 aliphatic rings. The van der Waals surface area contributed by atoms with Crippen molar-refractivity contribution < 1.29 is 23.8 Å². The average Bonchev–Trinajstić information content (AvgIpc) is 2.83. The third kappa shape index (κ3) is 6.02. The molecule has 0 aromatic heterocycles. The molecule has 0 saturated carbocycles. The van der Waals surface area contributed by atoms with Gasteiger partial charge in [0.05, 0.1) is 27.5 Å². The van der Waals surface area contributed by atoms with Gasteiger partial charge in [0, 0.05) is 27.4 Å². The summed E-state index contributed by atoms with van der Waals surface area (Å²) in [4.78, 5) is 24.7. The van der Waals surface area contributed by atoms with E-state index < -0.39 is 5.91 Å². The zero-order valence-electron chi connectivity index (χ0n) is 18.2. The molecule has 0 aliphatic carbocycles. The van der Waals surface area contributed by atoms with Gasteiger partial charge in [0.2, 0.25) is 5.75 Å². The smallest absolute Gasteiger partial charge is 0.271 e. The van der Waals surface area contributed by atoms with Crippen LogP contribution in [0.25, 0.3) is 0 Å². The Bertz CT molecular complexity index is 1150. The predicted octanol–water partition coefficient (Wildman–Crippen LogP) is 4.38. The lowest BCUT2D eigenvalue weighted by Gasteiger charge is -2.12. The van der Waals surface area contributed by atoms with Gasteiger partial charge in [0.25, 0.3) is 11.8 Å². The number of halogens is 1. The Labute approximate surface area is 196 Å². The van der Waals surface area contributed by atoms with E-state index in [1.165, 1.54) is 27.5 Å². The summed E-state index contributed by atoms with van der Waals surface area (Å²) < 4.78 is 15.9. The molecule has 3 rings (SSSR count). The molecular weight excluding hydrogens is 446 g/mol. The van der Waals surface area contributed by atoms with Crippen molar-refractivity contribution in [3.05, 3.63) is 82.4 Å². The Kier molecular flexibility index (Phi) is 7.88. The maximum absolute atomic E-state index is 12.4. The zero-order valence-corrected chi connectivity index (χ0v) is 19.0. The van der Waals surface area contributed by atoms with E-state index in [1.807, 2.05) is 0 Å². The molecule has 0 unspecified atom stereocenters. The molecule has 3 aromatic rings. The van der Waals surface area contributed by atoms with Crippen molar-refractivity contribution in [2.24, 2.45) is 5.10 Å². The first kappa shape index (κ1) is 23.6. The van der Waals surface area contributed by atoms with Crippen LogP contribution in [0.15, 0.2) is 65.8 Å². The molecule has 2 amide bonds. The number of nitrogens with zero attached hydrogens (tertiary/aromatic N) is 1. The highest BCUT2D eigenvalue weighted by molar-refractivity contribution is 6.31. The predicted molar refractivity (Wildman–Crippen MR) is 127 cm³/mol. The van der Waals surface area contributed by atoms with Crippen molar-refractivity contribution in [3.8, 4) is 17.2 Å². The number of hydrogen-bond acceptors (Lipinski definition) is 6. The number of rotatable bonds is 8. The molecule has 0 bridgehead atoms. The number of ether oxygens (including phenoxy) is 3. The molecule has 0 radical (unpaired) electrons. The molecule has 2 N–H and O–H groups in total. The van der Waals surface area contributed by atoms with Crippen LogP contribution in [0.3, 0.4) is 0 Å². The average molecular weight is 468 g/mol. The second kappa shape index (κ2) is 11.0. The second-order valence-electron chi connectivity index (χ2n) is 6.70. The monoisotopic (exact) mass is 467 g/mol. The minimum atomic E-state index is -0.411. The number of hydrazone groups is 1. The molecule has 33 heavy (non-hydrogen) atoms. The standard InChI is InChI=1S/C24H22ClN3O5/c1-31-20-11-15(12-21(32-2)22(20)33-3)14-26-28-24(30)16-7-9-19(10-8-16)27-23(29)17-5-4-6-18(25)13-17/h4-14H,1-3H3,(H,27,29)(H,28,30). The molecule has 0 saturated heterocycles. The van der Waals surface area contributed by atoms with Crippen LogP contribution in [0.4, 0.5) is 5.69 Å². The van der Waals surface area contributed by atoms with Crippen molar-refractivity contribution in [1.29, 1.82) is 0 Å². The van der Waals surface area contributed by atoms with Crippen molar-refractivity contribution in [3.63, 3.8) is 0 Å². The third-order valence-corrected chi connectivity index (χ3v) is 4.79. The molecule has 0 fully saturated rings. The Morgan fingerprint density at radius 3 is 2.09 bits per heavy atom. The van der Waals surface area contributed by atoms with Gasteiger partial charge in [-0.3, -0.25) is 9.59 Å². The Balaban J connectivity index is 1.63. The lowest BCUT2D eigenvalue weighted by Crippen LogP contribution is -2.18. The Hall–Kier alpha value is -4.04. The molecule has 0 atom stereocenters. The van der Waals surface area contributed by atoms with Crippen LogP contribution in [-0.2, 0) is 0 Å². The fourth-order valence-corrected chi connectivity index (χ4v) is 3.13. The first-order valence-corrected chi connectivity index (χ1v) is 10.1. The summed E-state index contributed by atoms with van der Waals surface area (Å²) in [5, 5.41) is 7.21. The van der Waals surface area contributed by atoms with Gasteiger partial charge in [-0.15, -0.1) is 0 Å². The summed E-state index contributed by atoms with van der Waals surface area (Å²) in [5.74, 6) is 0.694. The number of carbonyl (C=O) groups is 2. The van der Waals surface area contributed by atoms with Gasteiger partial charge < -0.3 is 19.5 Å². The van der Waals surface area contributed by atoms with Crippen molar-refractivity contribution in [2.45, 2.75) is 0 Å². The van der Waals surface area contributed by atoms with Gasteiger partial charge in [-0.1, -0.05) is 17.7 Å². The fourth-order valence-electron chi connectivity index (χ4n) is 2.94. The molecule has 3 aromatic carbocycles. The summed E-state index contributed by atoms with van der Waals surface area (Å²) in [5.41, 5.74) is 4.45. The molecule has 170 valence electrons. The molecule has 0 heterocycles. The first-order chi connectivity index (χ1) is 15.9. The van der Waals surface area contributed by atoms with Crippen molar-refractivity contribution in [2.75, 3.05) is 26.6 Å². The van der Waals surface area contributed by atoms with Crippen molar-refractivity contribution >= 4 is 35.3 Å². The van der Waals surface area contributed by atoms with Crippen LogP contribution in [0, 0.1) is 0 Å². The normalized spacial score (nSPS) is 10.5. The maximum atomic E-state index is 12.4. The lowest BCUT2D eigenvalue weighted by atomic mass is 10.1. The molecular formula is C24H22ClN3O5. The minimum Gasteiger partial charge on any atom is -0.493 e. The van der Waals surface area contributed by atoms with Crippen LogP contribution < -0.4 is 25.0 Å². The molecule has 0 aliphatic heterocycles. The summed E-state index contributed by atoms with van der Waals surface area (Å²) in [6.45, 7) is 0. The van der Waals surface area contributed by atoms with E-state index in [0.29, 0.717) is 44.6 Å². The summed E-state index contributed by atoms with van der Waals surface area (Å²) in [6, 6.07) is 16.4. The highest BCUT2D eigenvalue weighted by Crippen LogP contribution is 2.37. The number of hydrogen-bond donors (Lipinski definition) is 2. The van der Waals surface area contributed by atoms with Crippen LogP contribution in [0.5, 0.6) is 17.2 Å². The molecule has 0 spiro atoms. The third-order valence-electron chi connectivity index (χ3n) is 4.56. The Morgan fingerprint density at radius 2 is 1.52 bits per heavy atom. The number of amides is 2. The number of nitrogens with one attached hydrogen (secondary N) is 2. The summed E-state index contributed by atoms with van der Waals surface area (Å²) in [7, 11) is 4.55. The van der Waals surface area contributed by atoms with E-state index in [-0.39, 0.29) is 5.91 Å². The summed E-state index contributed by atoms with van der Waals surface area (Å²) >= 11 is 5.92. The quantitative estimate of drug-likeness (QED) is 0.378. The Morgan fingerprint density at radius 1 is 0.848 bits per heavy atom. The van der Waals surface area contributed by atoms with Crippen LogP contribution in [0.1, 0.15) is 26.3 Å². The van der Waals surface area contributed by atoms with E-state index in [9.17, 15) is 9.59 Å². The second-order valence-corrected chi connectivity index (χ2v) is 7.14. The van der Waals surface area contributed by atoms with E-state index >= 15 is 0 Å². The first-order valence-electron chi connectivity index (χ1n) is 9.75. The maximum Gasteiger partial charge on any atom is 0.271 e. The lowest BCUT2D eigenvalue weighted by molar-refractivity contribution is 0.0954. The van der Waals surface area contributed by atoms with Crippen LogP contribution >= 0.6 is 11.6 Å². The molecule has 8 nitrogen and oxygen atoms in total. The highest BCUT2D eigenvalue weighted by Gasteiger charge is 2.12. The SMILES string of the molecule is COc1cc(C=NNC(=O)c2ccc(NC(=O)c3cccc(Cl)c3)cc2)cc(OC)c1OC. The van der Waals surface area contributed by atoms with Gasteiger partial charge in [0.15, 0.2) is 11.5 Å². The number of anilines is 1. The number of benzene rings is 3. The molecule has 9 heteroatoms. The van der Waals surface area contributed by atoms with Gasteiger partial charge >= 0.3 is 0 Å². The van der Waals surface area contributed by atoms with Crippen LogP contribution in [-0.4, -0.2) is 39.4 Å². The summed E-state index contributed by atoms with van der Waals surface area (Å²) in [6.07, 6.45) is 1.46. The fraction of sp³-hybridized carbons (Fsp3) is 0.125. The number of carbonyl (C=O) groups excluding carboxylic acids is 2. The van der Waals surface area contributed by atoms with E-state index in [0.717, 1.165) is 0 Å². The zero-order chi connectivity index (χ0) is 23.8. The van der Waals surface area contributed by atoms with E-state index in [2.05, 4.69) is 15.8 Å². The van der Waals surface area contributed by atoms with Gasteiger partial charge in [-0.2, -0.15) is 5.10 Å². The minimum absolute atomic E-state index is 0.301. The van der Waals surface area contributed by atoms with E-state index in [1.54, 1.807) is 60.7 Å². The van der Waals surface area contributed by atoms with Crippen molar-refractivity contribution in [1.82, 2.24) is 5.43 Å². The van der Waals surface area contributed by atoms with Gasteiger partial charge in [0.1, 0.15) is 0 Å². The number of methoxy groups -OCH3 is 3. The van der Waals surface area contributed by atoms with Gasteiger partial charge in [-0.25, -0.2) is 5.43 Å². The van der Waals surface area contributed by atoms with Crippen LogP contribution in [0.2, 0.25) is 5.02 Å². The largest absolute Gasteiger partial charge is 0.493 e. The highest BCUT2D eigenvalue weighted by atomic mass is 35.5. The van der Waals surface area contributed by atoms with Gasteiger partial charge in [-0.05, 0) is 54.6 Å².